The van der Waals surface area contributed by atoms with Gasteiger partial charge in [-0.05, 0) is 58.4 Å². The summed E-state index contributed by atoms with van der Waals surface area (Å²) in [4.78, 5) is 68.4. The minimum absolute atomic E-state index is 0.0394. The molecule has 1 N–H and O–H groups in total. The largest absolute Gasteiger partial charge is 0.465 e. The number of para-hydroxylation sites is 1. The van der Waals surface area contributed by atoms with Crippen LogP contribution in [0.3, 0.4) is 0 Å². The maximum absolute atomic E-state index is 13.8. The lowest BCUT2D eigenvalue weighted by Crippen LogP contribution is -2.55. The van der Waals surface area contributed by atoms with Crippen molar-refractivity contribution >= 4 is 47.1 Å². The molecule has 1 unspecified atom stereocenters. The number of hydrogen-bond donors (Lipinski definition) is 1. The van der Waals surface area contributed by atoms with Gasteiger partial charge in [0.15, 0.2) is 0 Å². The van der Waals surface area contributed by atoms with Crippen LogP contribution >= 0.6 is 11.8 Å². The third-order valence-electron chi connectivity index (χ3n) is 6.33. The molecule has 0 saturated heterocycles. The topological polar surface area (TPSA) is 122 Å². The average Bonchev–Trinajstić information content (AvgIpc) is 3.06. The fourth-order valence-electron chi connectivity index (χ4n) is 4.59. The first-order chi connectivity index (χ1) is 19.0. The van der Waals surface area contributed by atoms with Gasteiger partial charge >= 0.3 is 11.9 Å². The molecule has 2 aromatic rings. The minimum atomic E-state index is -0.983. The Kier molecular flexibility index (Phi) is 8.95. The normalized spacial score (nSPS) is 17.7. The van der Waals surface area contributed by atoms with Crippen molar-refractivity contribution in [2.45, 2.75) is 56.7 Å². The van der Waals surface area contributed by atoms with Gasteiger partial charge < -0.3 is 9.47 Å². The monoisotopic (exact) mass is 567 g/mol. The molecule has 3 amide bonds. The summed E-state index contributed by atoms with van der Waals surface area (Å²) in [5.41, 5.74) is 0.487. The highest BCUT2D eigenvalue weighted by molar-refractivity contribution is 7.99. The number of fused-ring (bicyclic) bond motifs is 2. The van der Waals surface area contributed by atoms with Crippen LogP contribution in [-0.4, -0.2) is 77.7 Å². The molecule has 0 aromatic heterocycles. The Morgan fingerprint density at radius 2 is 1.62 bits per heavy atom. The van der Waals surface area contributed by atoms with E-state index < -0.39 is 47.3 Å². The van der Waals surface area contributed by atoms with E-state index in [-0.39, 0.29) is 31.9 Å². The van der Waals surface area contributed by atoms with Gasteiger partial charge in [-0.25, -0.2) is 0 Å². The van der Waals surface area contributed by atoms with E-state index in [1.54, 1.807) is 64.1 Å². The van der Waals surface area contributed by atoms with E-state index in [4.69, 9.17) is 9.47 Å². The number of rotatable bonds is 9. The number of thioether (sulfide) groups is 1. The molecule has 0 spiro atoms. The maximum Gasteiger partial charge on any atom is 0.326 e. The predicted molar refractivity (Wildman–Crippen MR) is 149 cm³/mol. The fraction of sp³-hybridized carbons (Fsp3) is 0.414. The van der Waals surface area contributed by atoms with Crippen molar-refractivity contribution in [3.05, 3.63) is 59.7 Å². The lowest BCUT2D eigenvalue weighted by atomic mass is 10.1. The minimum Gasteiger partial charge on any atom is -0.465 e. The maximum atomic E-state index is 13.8. The highest BCUT2D eigenvalue weighted by Gasteiger charge is 2.38. The number of benzene rings is 2. The lowest BCUT2D eigenvalue weighted by Gasteiger charge is -2.29. The highest BCUT2D eigenvalue weighted by Crippen LogP contribution is 2.34. The third-order valence-corrected chi connectivity index (χ3v) is 7.48. The number of amides is 3. The summed E-state index contributed by atoms with van der Waals surface area (Å²) >= 11 is 1.42. The van der Waals surface area contributed by atoms with Crippen LogP contribution in [0, 0.1) is 0 Å². The van der Waals surface area contributed by atoms with Crippen molar-refractivity contribution in [1.82, 2.24) is 10.2 Å². The summed E-state index contributed by atoms with van der Waals surface area (Å²) in [6.45, 7) is 6.70. The molecule has 10 nitrogen and oxygen atoms in total. The third kappa shape index (κ3) is 6.53. The van der Waals surface area contributed by atoms with E-state index in [9.17, 15) is 24.0 Å². The Bertz CT molecular complexity index is 1290. The van der Waals surface area contributed by atoms with Crippen LogP contribution in [0.25, 0.3) is 0 Å². The van der Waals surface area contributed by atoms with Gasteiger partial charge in [0.2, 0.25) is 5.91 Å². The van der Waals surface area contributed by atoms with E-state index in [0.29, 0.717) is 16.8 Å². The standard InChI is InChI=1S/C29H33N3O7S/c1-5-38-28(37)20(14-15-31-25(34)18-10-6-7-11-19(18)26(31)35)30-21-17-40-23-13-9-8-12-22(23)32(27(21)36)16-24(33)39-29(2,3)4/h6-13,20-21,30H,5,14-17H2,1-4H3/t20?,21-/m0/s1. The molecule has 11 heteroatoms. The lowest BCUT2D eigenvalue weighted by molar-refractivity contribution is -0.154. The molecule has 2 aliphatic rings. The van der Waals surface area contributed by atoms with E-state index in [0.717, 1.165) is 9.80 Å². The van der Waals surface area contributed by atoms with Gasteiger partial charge in [0.1, 0.15) is 18.2 Å². The molecule has 0 fully saturated rings. The molecule has 2 atom stereocenters. The van der Waals surface area contributed by atoms with Crippen LogP contribution < -0.4 is 10.2 Å². The molecule has 4 rings (SSSR count). The van der Waals surface area contributed by atoms with E-state index in [1.807, 2.05) is 12.1 Å². The van der Waals surface area contributed by atoms with Gasteiger partial charge in [0.25, 0.3) is 11.8 Å². The molecule has 40 heavy (non-hydrogen) atoms. The summed E-state index contributed by atoms with van der Waals surface area (Å²) in [6, 6.07) is 12.0. The van der Waals surface area contributed by atoms with Crippen molar-refractivity contribution in [2.75, 3.05) is 30.3 Å². The number of hydrogen-bond acceptors (Lipinski definition) is 9. The number of nitrogens with one attached hydrogen (secondary N) is 1. The number of anilines is 1. The van der Waals surface area contributed by atoms with Gasteiger partial charge in [-0.2, -0.15) is 0 Å². The zero-order chi connectivity index (χ0) is 29.0. The molecule has 2 aliphatic heterocycles. The Morgan fingerprint density at radius 3 is 2.25 bits per heavy atom. The Hall–Kier alpha value is -3.70. The summed E-state index contributed by atoms with van der Waals surface area (Å²) in [6.07, 6.45) is 0.0394. The van der Waals surface area contributed by atoms with Gasteiger partial charge in [-0.3, -0.25) is 39.1 Å². The Morgan fingerprint density at radius 1 is 1.00 bits per heavy atom. The molecule has 212 valence electrons. The molecular weight excluding hydrogens is 534 g/mol. The summed E-state index contributed by atoms with van der Waals surface area (Å²) < 4.78 is 10.7. The van der Waals surface area contributed by atoms with Crippen LogP contribution in [0.4, 0.5) is 5.69 Å². The van der Waals surface area contributed by atoms with Crippen molar-refractivity contribution in [2.24, 2.45) is 0 Å². The fourth-order valence-corrected chi connectivity index (χ4v) is 5.68. The molecule has 0 radical (unpaired) electrons. The predicted octanol–water partition coefficient (Wildman–Crippen LogP) is 3.04. The number of carbonyl (C=O) groups excluding carboxylic acids is 5. The van der Waals surface area contributed by atoms with Gasteiger partial charge in [0.05, 0.1) is 29.5 Å². The highest BCUT2D eigenvalue weighted by atomic mass is 32.2. The Labute approximate surface area is 237 Å². The van der Waals surface area contributed by atoms with Crippen molar-refractivity contribution in [3.8, 4) is 0 Å². The van der Waals surface area contributed by atoms with E-state index in [2.05, 4.69) is 5.32 Å². The number of carbonyl (C=O) groups is 5. The van der Waals surface area contributed by atoms with Crippen LogP contribution in [0.1, 0.15) is 54.8 Å². The molecular formula is C29H33N3O7S. The van der Waals surface area contributed by atoms with E-state index >= 15 is 0 Å². The Balaban J connectivity index is 1.53. The summed E-state index contributed by atoms with van der Waals surface area (Å²) in [5, 5.41) is 3.10. The number of nitrogens with zero attached hydrogens (tertiary/aromatic N) is 2. The smallest absolute Gasteiger partial charge is 0.326 e. The first kappa shape index (κ1) is 29.3. The second-order valence-electron chi connectivity index (χ2n) is 10.4. The van der Waals surface area contributed by atoms with Gasteiger partial charge in [-0.1, -0.05) is 24.3 Å². The zero-order valence-corrected chi connectivity index (χ0v) is 23.8. The molecule has 2 heterocycles. The SMILES string of the molecule is CCOC(=O)C(CCN1C(=O)c2ccccc2C1=O)N[C@H]1CSc2ccccc2N(CC(=O)OC(C)(C)C)C1=O. The van der Waals surface area contributed by atoms with Crippen LogP contribution in [-0.2, 0) is 23.9 Å². The first-order valence-corrected chi connectivity index (χ1v) is 14.1. The van der Waals surface area contributed by atoms with Crippen LogP contribution in [0.15, 0.2) is 53.4 Å². The quantitative estimate of drug-likeness (QED) is 0.360. The molecule has 2 aromatic carbocycles. The molecule has 0 bridgehead atoms. The van der Waals surface area contributed by atoms with E-state index in [1.165, 1.54) is 16.7 Å². The average molecular weight is 568 g/mol. The zero-order valence-electron chi connectivity index (χ0n) is 23.0. The summed E-state index contributed by atoms with van der Waals surface area (Å²) in [5.74, 6) is -2.14. The van der Waals surface area contributed by atoms with Gasteiger partial charge in [0, 0.05) is 17.2 Å². The first-order valence-electron chi connectivity index (χ1n) is 13.1. The second kappa shape index (κ2) is 12.2. The number of esters is 2. The number of imide groups is 1. The number of ether oxygens (including phenoxy) is 2. The van der Waals surface area contributed by atoms with Crippen LogP contribution in [0.2, 0.25) is 0 Å². The van der Waals surface area contributed by atoms with Crippen molar-refractivity contribution in [3.63, 3.8) is 0 Å². The van der Waals surface area contributed by atoms with Crippen LogP contribution in [0.5, 0.6) is 0 Å². The molecule has 0 saturated carbocycles. The van der Waals surface area contributed by atoms with Crippen molar-refractivity contribution < 1.29 is 33.4 Å². The van der Waals surface area contributed by atoms with Crippen molar-refractivity contribution in [1.29, 1.82) is 0 Å². The van der Waals surface area contributed by atoms with Gasteiger partial charge in [-0.15, -0.1) is 11.8 Å². The second-order valence-corrected chi connectivity index (χ2v) is 11.5. The molecule has 0 aliphatic carbocycles. The summed E-state index contributed by atoms with van der Waals surface area (Å²) in [7, 11) is 0.